The van der Waals surface area contributed by atoms with Crippen LogP contribution in [0.3, 0.4) is 0 Å². The number of benzene rings is 1. The van der Waals surface area contributed by atoms with Gasteiger partial charge in [-0.05, 0) is 32.0 Å². The lowest BCUT2D eigenvalue weighted by Crippen LogP contribution is -2.52. The molecule has 1 N–H and O–H groups in total. The molecular weight excluding hydrogens is 525 g/mol. The van der Waals surface area contributed by atoms with Crippen LogP contribution in [-0.4, -0.2) is 74.2 Å². The molecule has 31 heavy (non-hydrogen) atoms. The Morgan fingerprint density at radius 3 is 2.58 bits per heavy atom. The van der Waals surface area contributed by atoms with Gasteiger partial charge in [0.2, 0.25) is 0 Å². The lowest BCUT2D eigenvalue weighted by molar-refractivity contribution is 0.171. The van der Waals surface area contributed by atoms with Crippen molar-refractivity contribution in [3.8, 4) is 11.5 Å². The average Bonchev–Trinajstić information content (AvgIpc) is 3.18. The molecule has 2 heterocycles. The van der Waals surface area contributed by atoms with E-state index in [2.05, 4.69) is 40.0 Å². The summed E-state index contributed by atoms with van der Waals surface area (Å²) in [6.45, 7) is 10.6. The van der Waals surface area contributed by atoms with Gasteiger partial charge in [-0.15, -0.1) is 35.3 Å². The number of nitrogens with one attached hydrogen (secondary N) is 1. The number of guanidine groups is 1. The number of piperazine rings is 1. The fourth-order valence-electron chi connectivity index (χ4n) is 3.56. The van der Waals surface area contributed by atoms with Crippen LogP contribution in [0.25, 0.3) is 0 Å². The Balaban J connectivity index is 0.00000341. The molecule has 1 aromatic heterocycles. The van der Waals surface area contributed by atoms with Crippen molar-refractivity contribution in [1.29, 1.82) is 0 Å². The molecule has 0 atom stereocenters. The molecule has 1 fully saturated rings. The summed E-state index contributed by atoms with van der Waals surface area (Å²) in [5.74, 6) is 2.77. The number of hydrogen-bond donors (Lipinski definition) is 1. The maximum absolute atomic E-state index is 5.53. The first-order chi connectivity index (χ1) is 14.6. The molecule has 1 saturated heterocycles. The Kier molecular flexibility index (Phi) is 10.8. The van der Waals surface area contributed by atoms with Gasteiger partial charge in [0.15, 0.2) is 5.96 Å². The largest absolute Gasteiger partial charge is 0.497 e. The van der Waals surface area contributed by atoms with Gasteiger partial charge in [-0.2, -0.15) is 0 Å². The van der Waals surface area contributed by atoms with E-state index in [4.69, 9.17) is 14.5 Å². The highest BCUT2D eigenvalue weighted by Gasteiger charge is 2.21. The number of aryl methyl sites for hydroxylation is 1. The molecule has 3 rings (SSSR count). The third-order valence-corrected chi connectivity index (χ3v) is 6.12. The van der Waals surface area contributed by atoms with Gasteiger partial charge in [-0.25, -0.2) is 4.98 Å². The molecule has 2 aromatic rings. The van der Waals surface area contributed by atoms with Crippen molar-refractivity contribution < 1.29 is 9.47 Å². The monoisotopic (exact) mass is 559 g/mol. The zero-order valence-electron chi connectivity index (χ0n) is 18.9. The highest BCUT2D eigenvalue weighted by Crippen LogP contribution is 2.25. The van der Waals surface area contributed by atoms with E-state index in [1.807, 2.05) is 18.3 Å². The van der Waals surface area contributed by atoms with Gasteiger partial charge in [0.05, 0.1) is 19.2 Å². The van der Waals surface area contributed by atoms with Crippen molar-refractivity contribution in [2.45, 2.75) is 26.8 Å². The zero-order chi connectivity index (χ0) is 21.3. The Morgan fingerprint density at radius 2 is 1.97 bits per heavy atom. The summed E-state index contributed by atoms with van der Waals surface area (Å²) >= 11 is 1.75. The van der Waals surface area contributed by atoms with Crippen molar-refractivity contribution in [3.05, 3.63) is 39.8 Å². The van der Waals surface area contributed by atoms with Crippen LogP contribution in [0, 0.1) is 6.92 Å². The van der Waals surface area contributed by atoms with Crippen LogP contribution in [0.1, 0.15) is 22.4 Å². The number of thiazole rings is 1. The van der Waals surface area contributed by atoms with Crippen LogP contribution >= 0.6 is 35.3 Å². The predicted octanol–water partition coefficient (Wildman–Crippen LogP) is 3.41. The molecule has 0 radical (unpaired) electrons. The van der Waals surface area contributed by atoms with Crippen LogP contribution < -0.4 is 14.8 Å². The van der Waals surface area contributed by atoms with Crippen LogP contribution in [0.15, 0.2) is 29.4 Å². The number of nitrogens with zero attached hydrogens (tertiary/aromatic N) is 4. The number of aliphatic imine (C=N–C) groups is 1. The van der Waals surface area contributed by atoms with Gasteiger partial charge in [-0.1, -0.05) is 0 Å². The molecule has 0 aliphatic carbocycles. The van der Waals surface area contributed by atoms with Crippen LogP contribution in [0.5, 0.6) is 11.5 Å². The van der Waals surface area contributed by atoms with Crippen molar-refractivity contribution in [2.75, 3.05) is 53.5 Å². The molecule has 0 saturated carbocycles. The second-order valence-corrected chi connectivity index (χ2v) is 8.61. The first-order valence-corrected chi connectivity index (χ1v) is 11.3. The predicted molar refractivity (Wildman–Crippen MR) is 138 cm³/mol. The summed E-state index contributed by atoms with van der Waals surface area (Å²) in [5.41, 5.74) is 1.16. The summed E-state index contributed by atoms with van der Waals surface area (Å²) in [6, 6.07) is 5.98. The minimum Gasteiger partial charge on any atom is -0.497 e. The van der Waals surface area contributed by atoms with Crippen molar-refractivity contribution in [1.82, 2.24) is 20.1 Å². The molecule has 0 spiro atoms. The molecular formula is C22H34IN5O2S. The highest BCUT2D eigenvalue weighted by atomic mass is 127. The second-order valence-electron chi connectivity index (χ2n) is 7.29. The zero-order valence-corrected chi connectivity index (χ0v) is 22.0. The maximum Gasteiger partial charge on any atom is 0.194 e. The standard InChI is InChI=1S/C22H33N5O2S.HI/c1-5-23-22(24-9-8-21-25-15-17(2)30-21)27-12-10-26(11-13-27)16-18-14-19(28-3)6-7-20(18)29-4;/h6-7,14-15H,5,8-13,16H2,1-4H3,(H,23,24);1H. The molecule has 7 nitrogen and oxygen atoms in total. The number of hydrogen-bond acceptors (Lipinski definition) is 6. The summed E-state index contributed by atoms with van der Waals surface area (Å²) in [7, 11) is 3.41. The topological polar surface area (TPSA) is 62.2 Å². The highest BCUT2D eigenvalue weighted by molar-refractivity contribution is 14.0. The Hall–Kier alpha value is -1.59. The van der Waals surface area contributed by atoms with Crippen LogP contribution in [-0.2, 0) is 13.0 Å². The fourth-order valence-corrected chi connectivity index (χ4v) is 4.34. The normalized spacial score (nSPS) is 14.8. The number of halogens is 1. The second kappa shape index (κ2) is 13.1. The number of ether oxygens (including phenoxy) is 2. The molecule has 0 unspecified atom stereocenters. The molecule has 0 bridgehead atoms. The smallest absolute Gasteiger partial charge is 0.194 e. The first kappa shape index (κ1) is 25.7. The average molecular weight is 560 g/mol. The minimum absolute atomic E-state index is 0. The number of methoxy groups -OCH3 is 2. The maximum atomic E-state index is 5.53. The molecule has 1 aromatic carbocycles. The van der Waals surface area contributed by atoms with Crippen molar-refractivity contribution in [2.24, 2.45) is 4.99 Å². The number of rotatable bonds is 8. The summed E-state index contributed by atoms with van der Waals surface area (Å²) in [4.78, 5) is 15.3. The van der Waals surface area contributed by atoms with E-state index >= 15 is 0 Å². The van der Waals surface area contributed by atoms with E-state index in [1.165, 1.54) is 4.88 Å². The first-order valence-electron chi connectivity index (χ1n) is 10.5. The van der Waals surface area contributed by atoms with E-state index < -0.39 is 0 Å². The van der Waals surface area contributed by atoms with E-state index in [0.29, 0.717) is 0 Å². The van der Waals surface area contributed by atoms with E-state index in [9.17, 15) is 0 Å². The Morgan fingerprint density at radius 1 is 1.19 bits per heavy atom. The van der Waals surface area contributed by atoms with Gasteiger partial charge < -0.3 is 19.7 Å². The van der Waals surface area contributed by atoms with E-state index in [0.717, 1.165) is 80.3 Å². The van der Waals surface area contributed by atoms with Crippen LogP contribution in [0.2, 0.25) is 0 Å². The van der Waals surface area contributed by atoms with Crippen LogP contribution in [0.4, 0.5) is 0 Å². The Bertz CT molecular complexity index is 837. The lowest BCUT2D eigenvalue weighted by atomic mass is 10.1. The van der Waals surface area contributed by atoms with Gasteiger partial charge >= 0.3 is 0 Å². The molecule has 9 heteroatoms. The molecule has 172 valence electrons. The summed E-state index contributed by atoms with van der Waals surface area (Å²) in [6.07, 6.45) is 2.83. The molecule has 1 aliphatic heterocycles. The summed E-state index contributed by atoms with van der Waals surface area (Å²) < 4.78 is 10.9. The lowest BCUT2D eigenvalue weighted by Gasteiger charge is -2.36. The summed E-state index contributed by atoms with van der Waals surface area (Å²) in [5, 5.41) is 4.60. The third kappa shape index (κ3) is 7.50. The van der Waals surface area contributed by atoms with Gasteiger partial charge in [0, 0.05) is 68.9 Å². The van der Waals surface area contributed by atoms with E-state index in [-0.39, 0.29) is 24.0 Å². The van der Waals surface area contributed by atoms with Gasteiger partial charge in [0.1, 0.15) is 11.5 Å². The van der Waals surface area contributed by atoms with E-state index in [1.54, 1.807) is 25.6 Å². The molecule has 0 amide bonds. The fraction of sp³-hybridized carbons (Fsp3) is 0.545. The molecule has 1 aliphatic rings. The minimum atomic E-state index is 0. The Labute approximate surface area is 206 Å². The van der Waals surface area contributed by atoms with Gasteiger partial charge in [-0.3, -0.25) is 9.89 Å². The van der Waals surface area contributed by atoms with Crippen molar-refractivity contribution >= 4 is 41.3 Å². The third-order valence-electron chi connectivity index (χ3n) is 5.14. The SMILES string of the molecule is CCNC(=NCCc1ncc(C)s1)N1CCN(Cc2cc(OC)ccc2OC)CC1.I. The van der Waals surface area contributed by atoms with Crippen molar-refractivity contribution in [3.63, 3.8) is 0 Å². The quantitative estimate of drug-likeness (QED) is 0.304. The van der Waals surface area contributed by atoms with Gasteiger partial charge in [0.25, 0.3) is 0 Å². The number of aromatic nitrogens is 1.